The molecule has 0 bridgehead atoms. The standard InChI is InChI=1S/C33H40O21/c1-9-19(39)23(43)27(47)32(49-9)54-30-25(45)21(41)17(8-48-31-26(46)24(44)20(40)16(7-34)51-31)52-33(30)53-29-22(42)18-14(38)5-11(35)6-15(18)50-28(29)10-2-3-12(36)13(37)4-10/h2-6,9,16-17,19-21,23-27,30-41,43-47H,7-8H2,1H3. The van der Waals surface area contributed by atoms with Crippen LogP contribution in [0, 0.1) is 0 Å². The largest absolute Gasteiger partial charge is 0.508 e. The lowest BCUT2D eigenvalue weighted by molar-refractivity contribution is -0.360. The Hall–Kier alpha value is -3.91. The third-order valence-corrected chi connectivity index (χ3v) is 9.41. The van der Waals surface area contributed by atoms with Gasteiger partial charge in [-0.2, -0.15) is 0 Å². The van der Waals surface area contributed by atoms with Crippen LogP contribution in [0.2, 0.25) is 0 Å². The lowest BCUT2D eigenvalue weighted by atomic mass is 9.97. The maximum atomic E-state index is 14.1. The Labute approximate surface area is 303 Å². The molecule has 15 unspecified atom stereocenters. The summed E-state index contributed by atoms with van der Waals surface area (Å²) in [5.74, 6) is -3.79. The summed E-state index contributed by atoms with van der Waals surface area (Å²) >= 11 is 0. The van der Waals surface area contributed by atoms with Crippen LogP contribution < -0.4 is 10.2 Å². The minimum Gasteiger partial charge on any atom is -0.508 e. The number of aliphatic hydroxyl groups is 9. The fourth-order valence-electron chi connectivity index (χ4n) is 6.30. The number of hydrogen-bond acceptors (Lipinski definition) is 21. The van der Waals surface area contributed by atoms with E-state index >= 15 is 0 Å². The van der Waals surface area contributed by atoms with E-state index in [4.69, 9.17) is 32.8 Å². The molecule has 0 aliphatic carbocycles. The molecule has 0 amide bonds. The van der Waals surface area contributed by atoms with E-state index in [1.165, 1.54) is 13.0 Å². The molecule has 4 heterocycles. The normalized spacial score (nSPS) is 37.3. The zero-order valence-electron chi connectivity index (χ0n) is 28.0. The maximum Gasteiger partial charge on any atom is 0.239 e. The highest BCUT2D eigenvalue weighted by molar-refractivity contribution is 5.88. The predicted molar refractivity (Wildman–Crippen MR) is 173 cm³/mol. The van der Waals surface area contributed by atoms with Crippen LogP contribution >= 0.6 is 0 Å². The van der Waals surface area contributed by atoms with Crippen molar-refractivity contribution in [2.75, 3.05) is 13.2 Å². The molecule has 3 aliphatic heterocycles. The van der Waals surface area contributed by atoms with Gasteiger partial charge in [0.05, 0.1) is 19.3 Å². The second kappa shape index (κ2) is 15.7. The summed E-state index contributed by atoms with van der Waals surface area (Å²) in [5.41, 5.74) is -1.60. The van der Waals surface area contributed by atoms with Crippen LogP contribution in [0.15, 0.2) is 39.5 Å². The van der Waals surface area contributed by atoms with E-state index in [1.54, 1.807) is 0 Å². The second-order valence-corrected chi connectivity index (χ2v) is 13.1. The molecule has 3 aromatic rings. The zero-order valence-corrected chi connectivity index (χ0v) is 28.0. The highest BCUT2D eigenvalue weighted by Crippen LogP contribution is 2.40. The summed E-state index contributed by atoms with van der Waals surface area (Å²) < 4.78 is 39.8. The Morgan fingerprint density at radius 2 is 1.31 bits per heavy atom. The van der Waals surface area contributed by atoms with E-state index in [0.29, 0.717) is 0 Å². The van der Waals surface area contributed by atoms with Gasteiger partial charge in [0.15, 0.2) is 35.9 Å². The molecule has 0 saturated carbocycles. The van der Waals surface area contributed by atoms with Gasteiger partial charge in [-0.3, -0.25) is 4.79 Å². The second-order valence-electron chi connectivity index (χ2n) is 13.1. The molecule has 2 aromatic carbocycles. The first-order chi connectivity index (χ1) is 25.5. The number of phenolic OH excluding ortho intramolecular Hbond substituents is 4. The van der Waals surface area contributed by atoms with E-state index in [1.807, 2.05) is 0 Å². The fourth-order valence-corrected chi connectivity index (χ4v) is 6.30. The van der Waals surface area contributed by atoms with Gasteiger partial charge in [-0.15, -0.1) is 0 Å². The van der Waals surface area contributed by atoms with Crippen molar-refractivity contribution in [1.82, 2.24) is 0 Å². The number of aliphatic hydroxyl groups excluding tert-OH is 9. The Balaban J connectivity index is 1.40. The van der Waals surface area contributed by atoms with Gasteiger partial charge in [0, 0.05) is 17.7 Å². The molecule has 21 nitrogen and oxygen atoms in total. The Kier molecular flexibility index (Phi) is 11.5. The van der Waals surface area contributed by atoms with E-state index in [-0.39, 0.29) is 11.1 Å². The first-order valence-electron chi connectivity index (χ1n) is 16.5. The summed E-state index contributed by atoms with van der Waals surface area (Å²) in [6.45, 7) is -0.225. The molecular formula is C33H40O21. The minimum absolute atomic E-state index is 0.115. The van der Waals surface area contributed by atoms with Crippen molar-refractivity contribution in [3.63, 3.8) is 0 Å². The molecule has 0 spiro atoms. The molecule has 3 saturated heterocycles. The van der Waals surface area contributed by atoms with Crippen LogP contribution in [-0.2, 0) is 23.7 Å². The van der Waals surface area contributed by atoms with E-state index in [0.717, 1.165) is 24.3 Å². The van der Waals surface area contributed by atoms with E-state index < -0.39 is 151 Å². The molecular weight excluding hydrogens is 732 g/mol. The first-order valence-corrected chi connectivity index (χ1v) is 16.5. The van der Waals surface area contributed by atoms with Crippen molar-refractivity contribution in [2.45, 2.75) is 99.0 Å². The highest BCUT2D eigenvalue weighted by Gasteiger charge is 2.52. The molecule has 21 heteroatoms. The monoisotopic (exact) mass is 772 g/mol. The van der Waals surface area contributed by atoms with Crippen molar-refractivity contribution in [3.05, 3.63) is 40.6 Å². The number of rotatable bonds is 9. The average molecular weight is 773 g/mol. The number of benzene rings is 2. The molecule has 3 aliphatic rings. The Morgan fingerprint density at radius 1 is 0.667 bits per heavy atom. The zero-order chi connectivity index (χ0) is 39.3. The Bertz CT molecular complexity index is 1850. The summed E-state index contributed by atoms with van der Waals surface area (Å²) in [5, 5.41) is 134. The van der Waals surface area contributed by atoms with Gasteiger partial charge >= 0.3 is 0 Å². The highest BCUT2D eigenvalue weighted by atomic mass is 16.8. The first kappa shape index (κ1) is 39.8. The number of phenols is 4. The predicted octanol–water partition coefficient (Wildman–Crippen LogP) is -3.86. The van der Waals surface area contributed by atoms with Gasteiger partial charge in [-0.1, -0.05) is 0 Å². The SMILES string of the molecule is CC1OC(OC2C(Oc3c(-c4ccc(O)c(O)c4)oc4cc(O)cc(O)c4c3=O)OC(COC3OC(CO)C(O)C(O)C3O)C(O)C2O)C(O)C(O)C1O. The van der Waals surface area contributed by atoms with Crippen LogP contribution in [0.4, 0.5) is 0 Å². The molecule has 15 atom stereocenters. The molecule has 298 valence electrons. The summed E-state index contributed by atoms with van der Waals surface area (Å²) in [6.07, 6.45) is -26.5. The topological polar surface area (TPSA) is 349 Å². The van der Waals surface area contributed by atoms with Crippen molar-refractivity contribution < 1.29 is 99.2 Å². The Morgan fingerprint density at radius 3 is 2.00 bits per heavy atom. The molecule has 54 heavy (non-hydrogen) atoms. The summed E-state index contributed by atoms with van der Waals surface area (Å²) in [7, 11) is 0. The molecule has 3 fully saturated rings. The van der Waals surface area contributed by atoms with Gasteiger partial charge in [0.2, 0.25) is 17.5 Å². The van der Waals surface area contributed by atoms with Gasteiger partial charge in [-0.05, 0) is 25.1 Å². The van der Waals surface area contributed by atoms with Gasteiger partial charge < -0.3 is 99.2 Å². The third kappa shape index (κ3) is 7.39. The summed E-state index contributed by atoms with van der Waals surface area (Å²) in [4.78, 5) is 14.1. The van der Waals surface area contributed by atoms with E-state index in [2.05, 4.69) is 0 Å². The third-order valence-electron chi connectivity index (χ3n) is 9.41. The number of aromatic hydroxyl groups is 4. The van der Waals surface area contributed by atoms with Crippen molar-refractivity contribution >= 4 is 11.0 Å². The fraction of sp³-hybridized carbons (Fsp3) is 0.545. The molecule has 0 radical (unpaired) electrons. The molecule has 6 rings (SSSR count). The lowest BCUT2D eigenvalue weighted by Crippen LogP contribution is -2.65. The van der Waals surface area contributed by atoms with Crippen molar-refractivity contribution in [1.29, 1.82) is 0 Å². The van der Waals surface area contributed by atoms with Crippen LogP contribution in [0.3, 0.4) is 0 Å². The lowest BCUT2D eigenvalue weighted by Gasteiger charge is -2.46. The number of ether oxygens (including phenoxy) is 6. The van der Waals surface area contributed by atoms with Crippen molar-refractivity contribution in [2.24, 2.45) is 0 Å². The van der Waals surface area contributed by atoms with Crippen LogP contribution in [0.25, 0.3) is 22.3 Å². The van der Waals surface area contributed by atoms with Crippen LogP contribution in [0.5, 0.6) is 28.7 Å². The van der Waals surface area contributed by atoms with Crippen LogP contribution in [-0.4, -0.2) is 172 Å². The molecule has 1 aromatic heterocycles. The quantitative estimate of drug-likeness (QED) is 0.0925. The van der Waals surface area contributed by atoms with Crippen LogP contribution in [0.1, 0.15) is 6.92 Å². The van der Waals surface area contributed by atoms with E-state index in [9.17, 15) is 71.2 Å². The van der Waals surface area contributed by atoms with Gasteiger partial charge in [0.1, 0.15) is 83.5 Å². The molecule has 13 N–H and O–H groups in total. The van der Waals surface area contributed by atoms with Gasteiger partial charge in [-0.25, -0.2) is 0 Å². The van der Waals surface area contributed by atoms with Crippen molar-refractivity contribution in [3.8, 4) is 40.1 Å². The number of hydrogen-bond donors (Lipinski definition) is 13. The smallest absolute Gasteiger partial charge is 0.239 e. The van der Waals surface area contributed by atoms with Gasteiger partial charge in [0.25, 0.3) is 0 Å². The average Bonchev–Trinajstić information content (AvgIpc) is 3.13. The minimum atomic E-state index is -2.08. The summed E-state index contributed by atoms with van der Waals surface area (Å²) in [6, 6.07) is 5.02. The number of fused-ring (bicyclic) bond motifs is 1. The maximum absolute atomic E-state index is 14.1.